The monoisotopic (exact) mass is 1110 g/mol. The smallest absolute Gasteiger partial charge is 0.307 e. The molecule has 0 aliphatic heterocycles. The molecule has 4 rings (SSSR count). The van der Waals surface area contributed by atoms with E-state index < -0.39 is 5.41 Å². The fourth-order valence-electron chi connectivity index (χ4n) is 12.1. The molecule has 4 aliphatic rings. The first kappa shape index (κ1) is 74.9. The number of aldehydes is 1. The first-order chi connectivity index (χ1) is 37.2. The van der Waals surface area contributed by atoms with Gasteiger partial charge in [0.15, 0.2) is 0 Å². The van der Waals surface area contributed by atoms with Crippen LogP contribution in [0.15, 0.2) is 0 Å². The van der Waals surface area contributed by atoms with E-state index in [2.05, 4.69) is 70.3 Å². The van der Waals surface area contributed by atoms with Gasteiger partial charge in [0.1, 0.15) is 6.29 Å². The van der Waals surface area contributed by atoms with Crippen molar-refractivity contribution in [2.75, 3.05) is 67.2 Å². The summed E-state index contributed by atoms with van der Waals surface area (Å²) >= 11 is 0. The van der Waals surface area contributed by atoms with Gasteiger partial charge in [0.05, 0.1) is 33.4 Å². The maximum atomic E-state index is 13.6. The first-order valence-electron chi connectivity index (χ1n) is 30.8. The summed E-state index contributed by atoms with van der Waals surface area (Å²) in [6, 6.07) is 0. The molecule has 458 valence electrons. The van der Waals surface area contributed by atoms with Gasteiger partial charge >= 0.3 is 17.9 Å². The van der Waals surface area contributed by atoms with E-state index in [1.165, 1.54) is 136 Å². The van der Waals surface area contributed by atoms with E-state index in [0.717, 1.165) is 113 Å². The summed E-state index contributed by atoms with van der Waals surface area (Å²) in [5.41, 5.74) is -0.444. The predicted molar refractivity (Wildman–Crippen MR) is 312 cm³/mol. The Balaban J connectivity index is 0.00000451. The number of hydrogen-bond donors (Lipinski definition) is 3. The van der Waals surface area contributed by atoms with Gasteiger partial charge in [-0.2, -0.15) is 0 Å². The standard InChI is InChI=1S/C58H106N2O6.C2H4O.CH4O2.2CH2O2/c1-46-15-23-50(24-16-46)13-9-36-57(5,43-64-54(61)33-31-52-27-19-48(3)20-28-52)38-11-40-60(41-12-39-59(7)8)42-35-56(63)66-45-58(6,37-10-14-51-25-17-47(2)18-26-51)44-65-55(62)34-32-53-29-21-49(4)22-30-53;1-2-3;1-3-2;2*2-1-3/h46-53H,9-45H2,1-8H3;2*2H,1H3;2*1H,(H,2,3). The fourth-order valence-corrected chi connectivity index (χ4v) is 12.1. The van der Waals surface area contributed by atoms with Gasteiger partial charge in [-0.1, -0.05) is 170 Å². The van der Waals surface area contributed by atoms with Crippen LogP contribution in [-0.4, -0.2) is 130 Å². The minimum absolute atomic E-state index is 0.0116. The number of carboxylic acid groups (broad SMARTS) is 2. The van der Waals surface area contributed by atoms with Crippen LogP contribution in [0.1, 0.15) is 241 Å². The highest BCUT2D eigenvalue weighted by molar-refractivity contribution is 5.70. The van der Waals surface area contributed by atoms with E-state index in [1.54, 1.807) is 0 Å². The van der Waals surface area contributed by atoms with E-state index in [-0.39, 0.29) is 36.3 Å². The van der Waals surface area contributed by atoms with Crippen LogP contribution in [0.2, 0.25) is 0 Å². The van der Waals surface area contributed by atoms with E-state index >= 15 is 0 Å². The van der Waals surface area contributed by atoms with Crippen LogP contribution in [0, 0.1) is 58.2 Å². The summed E-state index contributed by atoms with van der Waals surface area (Å²) < 4.78 is 18.3. The average molecular weight is 1110 g/mol. The summed E-state index contributed by atoms with van der Waals surface area (Å²) in [7, 11) is 5.43. The van der Waals surface area contributed by atoms with Gasteiger partial charge < -0.3 is 39.0 Å². The molecular weight excluding hydrogens is 993 g/mol. The molecule has 2 unspecified atom stereocenters. The van der Waals surface area contributed by atoms with Gasteiger partial charge in [-0.3, -0.25) is 29.2 Å². The second kappa shape index (κ2) is 46.5. The molecule has 15 nitrogen and oxygen atoms in total. The molecule has 78 heavy (non-hydrogen) atoms. The lowest BCUT2D eigenvalue weighted by Gasteiger charge is -2.32. The molecule has 15 heteroatoms. The Bertz CT molecular complexity index is 1490. The minimum atomic E-state index is -0.392. The Labute approximate surface area is 475 Å². The van der Waals surface area contributed by atoms with Gasteiger partial charge in [-0.25, -0.2) is 4.89 Å². The Morgan fingerprint density at radius 3 is 1.10 bits per heavy atom. The number of carbonyl (C=O) groups excluding carboxylic acids is 4. The van der Waals surface area contributed by atoms with Crippen molar-refractivity contribution in [3.8, 4) is 0 Å². The van der Waals surface area contributed by atoms with Crippen molar-refractivity contribution >= 4 is 37.1 Å². The number of nitrogens with zero attached hydrogens (tertiary/aromatic N) is 2. The summed E-state index contributed by atoms with van der Waals surface area (Å²) in [5, 5.41) is 20.8. The molecule has 0 radical (unpaired) electrons. The molecule has 2 atom stereocenters. The highest BCUT2D eigenvalue weighted by atomic mass is 17.1. The maximum absolute atomic E-state index is 13.6. The number of ether oxygens (including phenoxy) is 3. The van der Waals surface area contributed by atoms with Crippen LogP contribution in [0.25, 0.3) is 0 Å². The summed E-state index contributed by atoms with van der Waals surface area (Å²) in [6.45, 7) is 19.6. The number of hydrogen-bond acceptors (Lipinski definition) is 13. The zero-order chi connectivity index (χ0) is 58.6. The third-order valence-corrected chi connectivity index (χ3v) is 17.6. The fraction of sp³-hybridized carbons (Fsp3) is 0.905. The Hall–Kier alpha value is -3.14. The van der Waals surface area contributed by atoms with Crippen LogP contribution in [-0.2, 0) is 47.9 Å². The van der Waals surface area contributed by atoms with Crippen molar-refractivity contribution in [1.29, 1.82) is 0 Å². The lowest BCUT2D eigenvalue weighted by atomic mass is 9.77. The molecule has 0 aromatic rings. The largest absolute Gasteiger partial charge is 0.483 e. The van der Waals surface area contributed by atoms with Crippen molar-refractivity contribution in [2.24, 2.45) is 58.2 Å². The molecule has 0 heterocycles. The van der Waals surface area contributed by atoms with Crippen molar-refractivity contribution < 1.29 is 63.3 Å². The van der Waals surface area contributed by atoms with E-state index in [0.29, 0.717) is 57.5 Å². The SMILES string of the molecule is CC1CCC(CCCC(C)(CCCN(CCCN(C)C)CCC(=O)OCC(C)(CCCC2CCC(C)CC2)COC(=O)CCC2CCC(C)CC2)COC(=O)CCC2CCC(C)CC2)CC1.CC=O.COO.O=CO.O=CO. The molecule has 0 bridgehead atoms. The third kappa shape index (κ3) is 40.1. The molecule has 3 N–H and O–H groups in total. The van der Waals surface area contributed by atoms with Crippen LogP contribution in [0.4, 0.5) is 0 Å². The summed E-state index contributed by atoms with van der Waals surface area (Å²) in [4.78, 5) is 73.3. The van der Waals surface area contributed by atoms with Gasteiger partial charge in [0.25, 0.3) is 12.9 Å². The van der Waals surface area contributed by atoms with Crippen molar-refractivity contribution in [1.82, 2.24) is 9.80 Å². The van der Waals surface area contributed by atoms with Crippen molar-refractivity contribution in [3.63, 3.8) is 0 Å². The van der Waals surface area contributed by atoms with Gasteiger partial charge in [0, 0.05) is 30.2 Å². The van der Waals surface area contributed by atoms with Gasteiger partial charge in [-0.05, 0) is 133 Å². The zero-order valence-electron chi connectivity index (χ0n) is 51.3. The lowest BCUT2D eigenvalue weighted by molar-refractivity contribution is -0.214. The van der Waals surface area contributed by atoms with Crippen molar-refractivity contribution in [3.05, 3.63) is 0 Å². The van der Waals surface area contributed by atoms with Crippen LogP contribution >= 0.6 is 0 Å². The van der Waals surface area contributed by atoms with Crippen LogP contribution < -0.4 is 0 Å². The highest BCUT2D eigenvalue weighted by Gasteiger charge is 2.31. The Morgan fingerprint density at radius 2 is 0.756 bits per heavy atom. The lowest BCUT2D eigenvalue weighted by Crippen LogP contribution is -2.34. The molecule has 4 aliphatic carbocycles. The van der Waals surface area contributed by atoms with Crippen molar-refractivity contribution in [2.45, 2.75) is 241 Å². The quantitative estimate of drug-likeness (QED) is 0.0194. The van der Waals surface area contributed by atoms with Crippen LogP contribution in [0.5, 0.6) is 0 Å². The zero-order valence-corrected chi connectivity index (χ0v) is 51.3. The van der Waals surface area contributed by atoms with E-state index in [1.807, 2.05) is 0 Å². The molecule has 0 aromatic carbocycles. The second-order valence-corrected chi connectivity index (χ2v) is 25.4. The average Bonchev–Trinajstić information content (AvgIpc) is 3.40. The highest BCUT2D eigenvalue weighted by Crippen LogP contribution is 2.38. The Kier molecular flexibility index (Phi) is 44.6. The molecule has 0 aromatic heterocycles. The molecule has 4 saturated carbocycles. The first-order valence-corrected chi connectivity index (χ1v) is 30.8. The van der Waals surface area contributed by atoms with E-state index in [9.17, 15) is 14.4 Å². The number of carbonyl (C=O) groups is 6. The summed E-state index contributed by atoms with van der Waals surface area (Å²) in [6.07, 6.45) is 34.7. The summed E-state index contributed by atoms with van der Waals surface area (Å²) in [5.74, 6) is 6.03. The molecule has 0 saturated heterocycles. The second-order valence-electron chi connectivity index (χ2n) is 25.4. The van der Waals surface area contributed by atoms with Gasteiger partial charge in [-0.15, -0.1) is 0 Å². The molecule has 0 spiro atoms. The van der Waals surface area contributed by atoms with Gasteiger partial charge in [0.2, 0.25) is 0 Å². The number of esters is 3. The molecular formula is C63H118N2O13. The van der Waals surface area contributed by atoms with Crippen LogP contribution in [0.3, 0.4) is 0 Å². The van der Waals surface area contributed by atoms with E-state index in [4.69, 9.17) is 44.1 Å². The maximum Gasteiger partial charge on any atom is 0.307 e. The molecule has 4 fully saturated rings. The normalized spacial score (nSPS) is 24.5. The topological polar surface area (TPSA) is 207 Å². The molecule has 0 amide bonds. The number of rotatable bonds is 31. The Morgan fingerprint density at radius 1 is 0.474 bits per heavy atom. The third-order valence-electron chi connectivity index (χ3n) is 17.6. The predicted octanol–water partition coefficient (Wildman–Crippen LogP) is 14.0. The minimum Gasteiger partial charge on any atom is -0.483 e.